The van der Waals surface area contributed by atoms with E-state index in [2.05, 4.69) is 10.6 Å². The summed E-state index contributed by atoms with van der Waals surface area (Å²) in [5.74, 6) is -1.59. The zero-order chi connectivity index (χ0) is 24.7. The summed E-state index contributed by atoms with van der Waals surface area (Å²) < 4.78 is 5.12. The minimum Gasteiger partial charge on any atom is -0.462 e. The number of carbonyl (C=O) groups is 3. The van der Waals surface area contributed by atoms with Crippen LogP contribution in [0.15, 0.2) is 54.6 Å². The lowest BCUT2D eigenvalue weighted by molar-refractivity contribution is -0.384. The second-order valence-corrected chi connectivity index (χ2v) is 8.25. The molecule has 176 valence electrons. The lowest BCUT2D eigenvalue weighted by Gasteiger charge is -2.07. The predicted molar refractivity (Wildman–Crippen MR) is 129 cm³/mol. The van der Waals surface area contributed by atoms with Crippen molar-refractivity contribution in [1.29, 1.82) is 0 Å². The van der Waals surface area contributed by atoms with Crippen LogP contribution in [0.4, 0.5) is 10.7 Å². The fourth-order valence-corrected chi connectivity index (χ4v) is 4.33. The molecule has 0 atom stereocenters. The number of rotatable bonds is 9. The molecular formula is C24H23N3O6S. The van der Waals surface area contributed by atoms with Crippen molar-refractivity contribution in [2.24, 2.45) is 0 Å². The smallest absolute Gasteiger partial charge is 0.341 e. The van der Waals surface area contributed by atoms with E-state index < -0.39 is 16.8 Å². The Morgan fingerprint density at radius 3 is 2.32 bits per heavy atom. The number of thiophene rings is 1. The highest BCUT2D eigenvalue weighted by atomic mass is 32.1. The van der Waals surface area contributed by atoms with Crippen molar-refractivity contribution in [2.75, 3.05) is 18.5 Å². The molecular weight excluding hydrogens is 458 g/mol. The summed E-state index contributed by atoms with van der Waals surface area (Å²) in [4.78, 5) is 48.7. The minimum absolute atomic E-state index is 0.107. The molecule has 0 bridgehead atoms. The molecule has 0 aliphatic rings. The van der Waals surface area contributed by atoms with E-state index >= 15 is 0 Å². The van der Waals surface area contributed by atoms with E-state index in [0.717, 1.165) is 16.9 Å². The molecule has 34 heavy (non-hydrogen) atoms. The Bertz CT molecular complexity index is 1210. The van der Waals surface area contributed by atoms with E-state index in [1.54, 1.807) is 13.8 Å². The van der Waals surface area contributed by atoms with E-state index in [9.17, 15) is 24.5 Å². The number of nitrogens with one attached hydrogen (secondary N) is 2. The first-order valence-electron chi connectivity index (χ1n) is 10.5. The van der Waals surface area contributed by atoms with Gasteiger partial charge in [-0.05, 0) is 43.5 Å². The van der Waals surface area contributed by atoms with Gasteiger partial charge >= 0.3 is 5.97 Å². The monoisotopic (exact) mass is 481 g/mol. The molecule has 0 radical (unpaired) electrons. The zero-order valence-electron chi connectivity index (χ0n) is 18.6. The van der Waals surface area contributed by atoms with E-state index in [-0.39, 0.29) is 39.2 Å². The molecule has 0 aliphatic carbocycles. The van der Waals surface area contributed by atoms with Crippen molar-refractivity contribution in [1.82, 2.24) is 5.32 Å². The fraction of sp³-hybridized carbons (Fsp3) is 0.208. The Balaban J connectivity index is 1.80. The number of nitro groups is 1. The fourth-order valence-electron chi connectivity index (χ4n) is 3.22. The Morgan fingerprint density at radius 2 is 1.71 bits per heavy atom. The summed E-state index contributed by atoms with van der Waals surface area (Å²) >= 11 is 0.973. The maximum atomic E-state index is 12.8. The molecule has 2 amide bonds. The number of hydrogen-bond acceptors (Lipinski definition) is 7. The molecule has 0 fully saturated rings. The number of nitro benzene ring substituents is 1. The molecule has 9 nitrogen and oxygen atoms in total. The molecule has 3 aromatic rings. The maximum absolute atomic E-state index is 12.8. The van der Waals surface area contributed by atoms with Gasteiger partial charge in [0.1, 0.15) is 5.00 Å². The first-order chi connectivity index (χ1) is 16.3. The number of non-ortho nitro benzene ring substituents is 1. The predicted octanol–water partition coefficient (Wildman–Crippen LogP) is 4.37. The van der Waals surface area contributed by atoms with Crippen molar-refractivity contribution in [3.8, 4) is 0 Å². The van der Waals surface area contributed by atoms with Crippen LogP contribution < -0.4 is 10.6 Å². The van der Waals surface area contributed by atoms with Crippen molar-refractivity contribution in [3.63, 3.8) is 0 Å². The van der Waals surface area contributed by atoms with Crippen LogP contribution in [0.2, 0.25) is 0 Å². The number of nitrogens with zero attached hydrogens (tertiary/aromatic N) is 1. The number of benzene rings is 2. The number of amides is 2. The van der Waals surface area contributed by atoms with Crippen LogP contribution in [0.1, 0.15) is 48.4 Å². The quantitative estimate of drug-likeness (QED) is 0.265. The first-order valence-corrected chi connectivity index (χ1v) is 11.3. The summed E-state index contributed by atoms with van der Waals surface area (Å²) in [6.45, 7) is 3.81. The number of carbonyl (C=O) groups excluding carboxylic acids is 3. The molecule has 0 aliphatic heterocycles. The van der Waals surface area contributed by atoms with Crippen molar-refractivity contribution in [2.45, 2.75) is 20.3 Å². The number of hydrogen-bond donors (Lipinski definition) is 2. The maximum Gasteiger partial charge on any atom is 0.341 e. The van der Waals surface area contributed by atoms with E-state index in [1.807, 2.05) is 30.3 Å². The lowest BCUT2D eigenvalue weighted by Crippen LogP contribution is -2.25. The van der Waals surface area contributed by atoms with Crippen LogP contribution in [-0.4, -0.2) is 35.9 Å². The Hall–Kier alpha value is -4.05. The van der Waals surface area contributed by atoms with Crippen LogP contribution in [0, 0.1) is 17.0 Å². The van der Waals surface area contributed by atoms with Gasteiger partial charge in [0.25, 0.3) is 17.5 Å². The largest absolute Gasteiger partial charge is 0.462 e. The average molecular weight is 482 g/mol. The third-order valence-electron chi connectivity index (χ3n) is 4.94. The summed E-state index contributed by atoms with van der Waals surface area (Å²) in [5, 5.41) is 16.5. The molecule has 0 unspecified atom stereocenters. The van der Waals surface area contributed by atoms with Gasteiger partial charge in [-0.1, -0.05) is 30.3 Å². The number of esters is 1. The first kappa shape index (κ1) is 24.6. The number of anilines is 1. The van der Waals surface area contributed by atoms with Gasteiger partial charge < -0.3 is 15.4 Å². The molecule has 0 saturated heterocycles. The van der Waals surface area contributed by atoms with Crippen molar-refractivity contribution in [3.05, 3.63) is 91.8 Å². The minimum atomic E-state index is -0.654. The standard InChI is InChI=1S/C24H23N3O6S/c1-3-33-24(30)19-15(2)20(22(29)25-14-13-16-7-5-4-6-8-16)34-23(19)26-21(28)17-9-11-18(12-10-17)27(31)32/h4-12H,3,13-14H2,1-2H3,(H,25,29)(H,26,28). The number of ether oxygens (including phenoxy) is 1. The second-order valence-electron chi connectivity index (χ2n) is 7.23. The van der Waals surface area contributed by atoms with E-state index in [1.165, 1.54) is 24.3 Å². The van der Waals surface area contributed by atoms with E-state index in [0.29, 0.717) is 18.5 Å². The summed E-state index contributed by atoms with van der Waals surface area (Å²) in [5.41, 5.74) is 1.61. The molecule has 2 N–H and O–H groups in total. The Labute approximate surface area is 199 Å². The SMILES string of the molecule is CCOC(=O)c1c(NC(=O)c2ccc([N+](=O)[O-])cc2)sc(C(=O)NCCc2ccccc2)c1C. The van der Waals surface area contributed by atoms with Crippen LogP contribution in [0.5, 0.6) is 0 Å². The average Bonchev–Trinajstić information content (AvgIpc) is 3.15. The van der Waals surface area contributed by atoms with Crippen molar-refractivity contribution < 1.29 is 24.0 Å². The third kappa shape index (κ3) is 5.84. The van der Waals surface area contributed by atoms with Gasteiger partial charge in [-0.3, -0.25) is 19.7 Å². The summed E-state index contributed by atoms with van der Waals surface area (Å²) in [6, 6.07) is 14.8. The van der Waals surface area contributed by atoms with Gasteiger partial charge in [-0.15, -0.1) is 11.3 Å². The van der Waals surface area contributed by atoms with Gasteiger partial charge in [0, 0.05) is 24.2 Å². The molecule has 1 heterocycles. The topological polar surface area (TPSA) is 128 Å². The summed E-state index contributed by atoms with van der Waals surface area (Å²) in [7, 11) is 0. The molecule has 2 aromatic carbocycles. The van der Waals surface area contributed by atoms with E-state index in [4.69, 9.17) is 4.74 Å². The highest BCUT2D eigenvalue weighted by Gasteiger charge is 2.27. The zero-order valence-corrected chi connectivity index (χ0v) is 19.4. The molecule has 1 aromatic heterocycles. The third-order valence-corrected chi connectivity index (χ3v) is 6.15. The normalized spacial score (nSPS) is 10.4. The van der Waals surface area contributed by atoms with Gasteiger partial charge in [0.2, 0.25) is 0 Å². The van der Waals surface area contributed by atoms with Gasteiger partial charge in [-0.25, -0.2) is 4.79 Å². The van der Waals surface area contributed by atoms with Crippen LogP contribution in [0.25, 0.3) is 0 Å². The van der Waals surface area contributed by atoms with Crippen molar-refractivity contribution >= 4 is 39.8 Å². The molecule has 0 saturated carbocycles. The van der Waals surface area contributed by atoms with Gasteiger partial charge in [0.05, 0.1) is 22.0 Å². The lowest BCUT2D eigenvalue weighted by atomic mass is 10.1. The Morgan fingerprint density at radius 1 is 1.03 bits per heavy atom. The highest BCUT2D eigenvalue weighted by Crippen LogP contribution is 2.34. The van der Waals surface area contributed by atoms with Crippen LogP contribution in [-0.2, 0) is 11.2 Å². The highest BCUT2D eigenvalue weighted by molar-refractivity contribution is 7.18. The van der Waals surface area contributed by atoms with Crippen LogP contribution in [0.3, 0.4) is 0 Å². The summed E-state index contributed by atoms with van der Waals surface area (Å²) in [6.07, 6.45) is 0.644. The molecule has 0 spiro atoms. The second kappa shape index (κ2) is 11.2. The van der Waals surface area contributed by atoms with Crippen LogP contribution >= 0.6 is 11.3 Å². The molecule has 3 rings (SSSR count). The van der Waals surface area contributed by atoms with Gasteiger partial charge in [-0.2, -0.15) is 0 Å². The molecule has 10 heteroatoms. The van der Waals surface area contributed by atoms with Gasteiger partial charge in [0.15, 0.2) is 0 Å². The Kier molecular flexibility index (Phi) is 8.10.